The van der Waals surface area contributed by atoms with Gasteiger partial charge in [0, 0.05) is 14.9 Å². The SMILES string of the molecule is Fc1ccc(Br)c2c1C(Br)CC2. The van der Waals surface area contributed by atoms with E-state index in [1.165, 1.54) is 6.07 Å². The number of alkyl halides is 1. The highest BCUT2D eigenvalue weighted by Crippen LogP contribution is 2.42. The fourth-order valence-corrected chi connectivity index (χ4v) is 2.89. The van der Waals surface area contributed by atoms with Crippen molar-refractivity contribution in [3.63, 3.8) is 0 Å². The second-order valence-electron chi connectivity index (χ2n) is 2.93. The number of rotatable bonds is 0. The molecule has 64 valence electrons. The molecule has 0 aromatic heterocycles. The van der Waals surface area contributed by atoms with E-state index in [4.69, 9.17) is 0 Å². The molecule has 1 unspecified atom stereocenters. The normalized spacial score (nSPS) is 21.1. The first-order valence-electron chi connectivity index (χ1n) is 3.81. The summed E-state index contributed by atoms with van der Waals surface area (Å²) in [4.78, 5) is 0.199. The van der Waals surface area contributed by atoms with Crippen molar-refractivity contribution in [2.75, 3.05) is 0 Å². The maximum absolute atomic E-state index is 13.3. The largest absolute Gasteiger partial charge is 0.207 e. The predicted octanol–water partition coefficient (Wildman–Crippen LogP) is 3.97. The van der Waals surface area contributed by atoms with E-state index in [9.17, 15) is 4.39 Å². The van der Waals surface area contributed by atoms with Crippen molar-refractivity contribution in [3.05, 3.63) is 33.5 Å². The van der Waals surface area contributed by atoms with E-state index in [0.717, 1.165) is 28.4 Å². The molecule has 0 nitrogen and oxygen atoms in total. The Balaban J connectivity index is 2.64. The van der Waals surface area contributed by atoms with E-state index in [-0.39, 0.29) is 10.6 Å². The number of hydrogen-bond acceptors (Lipinski definition) is 0. The summed E-state index contributed by atoms with van der Waals surface area (Å²) in [7, 11) is 0. The van der Waals surface area contributed by atoms with Crippen molar-refractivity contribution in [2.45, 2.75) is 17.7 Å². The molecule has 0 amide bonds. The van der Waals surface area contributed by atoms with Crippen molar-refractivity contribution in [3.8, 4) is 0 Å². The Hall–Kier alpha value is 0.110. The molecule has 0 bridgehead atoms. The molecule has 1 aliphatic rings. The van der Waals surface area contributed by atoms with Crippen LogP contribution in [0.15, 0.2) is 16.6 Å². The highest BCUT2D eigenvalue weighted by atomic mass is 79.9. The van der Waals surface area contributed by atoms with Gasteiger partial charge in [-0.05, 0) is 30.5 Å². The van der Waals surface area contributed by atoms with Gasteiger partial charge in [0.05, 0.1) is 0 Å². The molecule has 12 heavy (non-hydrogen) atoms. The van der Waals surface area contributed by atoms with Gasteiger partial charge in [0.25, 0.3) is 0 Å². The third kappa shape index (κ3) is 1.23. The second kappa shape index (κ2) is 3.11. The van der Waals surface area contributed by atoms with Crippen LogP contribution in [-0.4, -0.2) is 0 Å². The number of benzene rings is 1. The van der Waals surface area contributed by atoms with Gasteiger partial charge in [0.15, 0.2) is 0 Å². The van der Waals surface area contributed by atoms with E-state index >= 15 is 0 Å². The molecule has 1 aliphatic carbocycles. The molecule has 1 aromatic carbocycles. The van der Waals surface area contributed by atoms with Crippen molar-refractivity contribution in [1.29, 1.82) is 0 Å². The molecule has 2 rings (SSSR count). The highest BCUT2D eigenvalue weighted by Gasteiger charge is 2.25. The molecule has 0 N–H and O–H groups in total. The van der Waals surface area contributed by atoms with E-state index in [1.807, 2.05) is 0 Å². The average molecular weight is 294 g/mol. The minimum Gasteiger partial charge on any atom is -0.207 e. The van der Waals surface area contributed by atoms with Gasteiger partial charge in [-0.3, -0.25) is 0 Å². The van der Waals surface area contributed by atoms with Crippen LogP contribution in [0.25, 0.3) is 0 Å². The van der Waals surface area contributed by atoms with Crippen LogP contribution in [0.2, 0.25) is 0 Å². The fraction of sp³-hybridized carbons (Fsp3) is 0.333. The van der Waals surface area contributed by atoms with Gasteiger partial charge >= 0.3 is 0 Å². The number of halogens is 3. The summed E-state index contributed by atoms with van der Waals surface area (Å²) in [5, 5.41) is 0. The van der Waals surface area contributed by atoms with Crippen LogP contribution in [0.3, 0.4) is 0 Å². The molecule has 0 fully saturated rings. The van der Waals surface area contributed by atoms with Gasteiger partial charge in [0.2, 0.25) is 0 Å². The quantitative estimate of drug-likeness (QED) is 0.635. The third-order valence-corrected chi connectivity index (χ3v) is 3.87. The Morgan fingerprint density at radius 1 is 1.42 bits per heavy atom. The Morgan fingerprint density at radius 2 is 2.17 bits per heavy atom. The summed E-state index contributed by atoms with van der Waals surface area (Å²) >= 11 is 6.88. The van der Waals surface area contributed by atoms with Crippen LogP contribution in [0.4, 0.5) is 4.39 Å². The molecule has 0 radical (unpaired) electrons. The van der Waals surface area contributed by atoms with Crippen molar-refractivity contribution >= 4 is 31.9 Å². The molecule has 3 heteroatoms. The van der Waals surface area contributed by atoms with Crippen LogP contribution in [0.5, 0.6) is 0 Å². The van der Waals surface area contributed by atoms with Crippen LogP contribution >= 0.6 is 31.9 Å². The molecule has 0 saturated carbocycles. The summed E-state index contributed by atoms with van der Waals surface area (Å²) in [6.45, 7) is 0. The zero-order valence-corrected chi connectivity index (χ0v) is 9.45. The first-order chi connectivity index (χ1) is 5.70. The maximum atomic E-state index is 13.3. The Morgan fingerprint density at radius 3 is 2.83 bits per heavy atom. The van der Waals surface area contributed by atoms with Gasteiger partial charge < -0.3 is 0 Å². The molecular formula is C9H7Br2F. The highest BCUT2D eigenvalue weighted by molar-refractivity contribution is 9.10. The third-order valence-electron chi connectivity index (χ3n) is 2.21. The Labute approximate surface area is 87.4 Å². The summed E-state index contributed by atoms with van der Waals surface area (Å²) < 4.78 is 14.3. The van der Waals surface area contributed by atoms with Crippen molar-refractivity contribution in [1.82, 2.24) is 0 Å². The van der Waals surface area contributed by atoms with Crippen molar-refractivity contribution < 1.29 is 4.39 Å². The maximum Gasteiger partial charge on any atom is 0.127 e. The fourth-order valence-electron chi connectivity index (χ4n) is 1.62. The van der Waals surface area contributed by atoms with Gasteiger partial charge in [-0.2, -0.15) is 0 Å². The zero-order chi connectivity index (χ0) is 8.72. The lowest BCUT2D eigenvalue weighted by Crippen LogP contribution is -1.90. The van der Waals surface area contributed by atoms with E-state index in [2.05, 4.69) is 31.9 Å². The van der Waals surface area contributed by atoms with E-state index in [0.29, 0.717) is 0 Å². The summed E-state index contributed by atoms with van der Waals surface area (Å²) in [5.41, 5.74) is 1.96. The topological polar surface area (TPSA) is 0 Å². The number of hydrogen-bond donors (Lipinski definition) is 0. The zero-order valence-electron chi connectivity index (χ0n) is 6.28. The summed E-state index contributed by atoms with van der Waals surface area (Å²) in [6.07, 6.45) is 1.96. The molecule has 0 aliphatic heterocycles. The minimum absolute atomic E-state index is 0.0902. The van der Waals surface area contributed by atoms with Crippen LogP contribution in [0.1, 0.15) is 22.4 Å². The second-order valence-corrected chi connectivity index (χ2v) is 4.89. The Kier molecular flexibility index (Phi) is 2.25. The summed E-state index contributed by atoms with van der Waals surface area (Å²) in [5.74, 6) is -0.0902. The predicted molar refractivity (Wildman–Crippen MR) is 54.1 cm³/mol. The molecule has 1 atom stereocenters. The van der Waals surface area contributed by atoms with Gasteiger partial charge in [-0.1, -0.05) is 31.9 Å². The van der Waals surface area contributed by atoms with E-state index < -0.39 is 0 Å². The molecule has 1 aromatic rings. The van der Waals surface area contributed by atoms with Gasteiger partial charge in [-0.25, -0.2) is 4.39 Å². The summed E-state index contributed by atoms with van der Waals surface area (Å²) in [6, 6.07) is 3.29. The van der Waals surface area contributed by atoms with Crippen LogP contribution in [0, 0.1) is 5.82 Å². The van der Waals surface area contributed by atoms with Crippen LogP contribution in [-0.2, 0) is 6.42 Å². The lowest BCUT2D eigenvalue weighted by atomic mass is 10.1. The van der Waals surface area contributed by atoms with Gasteiger partial charge in [0.1, 0.15) is 5.82 Å². The minimum atomic E-state index is -0.0902. The molecule has 0 saturated heterocycles. The molecule has 0 spiro atoms. The monoisotopic (exact) mass is 292 g/mol. The van der Waals surface area contributed by atoms with Crippen molar-refractivity contribution in [2.24, 2.45) is 0 Å². The first kappa shape index (κ1) is 8.70. The van der Waals surface area contributed by atoms with Gasteiger partial charge in [-0.15, -0.1) is 0 Å². The molecular weight excluding hydrogens is 287 g/mol. The Bertz CT molecular complexity index is 323. The smallest absolute Gasteiger partial charge is 0.127 e. The van der Waals surface area contributed by atoms with Crippen LogP contribution < -0.4 is 0 Å². The lowest BCUT2D eigenvalue weighted by molar-refractivity contribution is 0.612. The standard InChI is InChI=1S/C9H7Br2F/c10-6-3-4-8(12)9-5(6)1-2-7(9)11/h3-4,7H,1-2H2. The van der Waals surface area contributed by atoms with E-state index in [1.54, 1.807) is 6.07 Å². The average Bonchev–Trinajstić information content (AvgIpc) is 2.42. The first-order valence-corrected chi connectivity index (χ1v) is 5.52. The number of fused-ring (bicyclic) bond motifs is 1. The molecule has 0 heterocycles. The lowest BCUT2D eigenvalue weighted by Gasteiger charge is -2.05.